The van der Waals surface area contributed by atoms with Gasteiger partial charge in [-0.15, -0.1) is 11.8 Å². The number of aliphatic hydroxyl groups is 1. The Bertz CT molecular complexity index is 941. The Labute approximate surface area is 186 Å². The predicted molar refractivity (Wildman–Crippen MR) is 119 cm³/mol. The highest BCUT2D eigenvalue weighted by Gasteiger charge is 2.36. The van der Waals surface area contributed by atoms with Crippen LogP contribution in [0, 0.1) is 11.3 Å². The number of hydrogen-bond acceptors (Lipinski definition) is 3. The summed E-state index contributed by atoms with van der Waals surface area (Å²) in [5.74, 6) is 0.242. The zero-order valence-corrected chi connectivity index (χ0v) is 19.2. The summed E-state index contributed by atoms with van der Waals surface area (Å²) in [5.41, 5.74) is 2.02. The van der Waals surface area contributed by atoms with Crippen LogP contribution in [0.1, 0.15) is 58.9 Å². The molecule has 0 aromatic heterocycles. The van der Waals surface area contributed by atoms with Crippen LogP contribution >= 0.6 is 11.8 Å². The average molecular weight is 451 g/mol. The summed E-state index contributed by atoms with van der Waals surface area (Å²) in [7, 11) is 0. The van der Waals surface area contributed by atoms with E-state index >= 15 is 0 Å². The van der Waals surface area contributed by atoms with Crippen LogP contribution in [-0.2, 0) is 11.0 Å². The molecule has 1 aromatic rings. The zero-order chi connectivity index (χ0) is 23.0. The first-order valence-corrected chi connectivity index (χ1v) is 11.4. The Morgan fingerprint density at radius 2 is 1.84 bits per heavy atom. The molecular formula is C25H29F3O2S. The van der Waals surface area contributed by atoms with Crippen LogP contribution in [0.25, 0.3) is 0 Å². The van der Waals surface area contributed by atoms with E-state index in [2.05, 4.69) is 26.0 Å². The summed E-state index contributed by atoms with van der Waals surface area (Å²) in [5, 5.41) is 10.8. The van der Waals surface area contributed by atoms with Crippen molar-refractivity contribution >= 4 is 17.5 Å². The number of halogens is 3. The molecule has 31 heavy (non-hydrogen) atoms. The Morgan fingerprint density at radius 1 is 1.19 bits per heavy atom. The van der Waals surface area contributed by atoms with E-state index in [1.807, 2.05) is 13.8 Å². The Hall–Kier alpha value is -1.95. The molecule has 3 atom stereocenters. The van der Waals surface area contributed by atoms with Gasteiger partial charge in [0.25, 0.3) is 0 Å². The van der Waals surface area contributed by atoms with Gasteiger partial charge in [0.2, 0.25) is 0 Å². The molecule has 0 spiro atoms. The summed E-state index contributed by atoms with van der Waals surface area (Å²) in [6, 6.07) is 5.16. The summed E-state index contributed by atoms with van der Waals surface area (Å²) >= 11 is 1.49. The van der Waals surface area contributed by atoms with E-state index in [-0.39, 0.29) is 28.1 Å². The lowest BCUT2D eigenvalue weighted by atomic mass is 9.74. The van der Waals surface area contributed by atoms with E-state index in [1.165, 1.54) is 35.0 Å². The Morgan fingerprint density at radius 3 is 2.35 bits per heavy atom. The van der Waals surface area contributed by atoms with E-state index in [0.29, 0.717) is 31.3 Å². The maximum Gasteiger partial charge on any atom is 0.416 e. The number of carbonyl (C=O) groups is 1. The number of Topliss-reactive ketones (excluding diaryl/α,β-unsaturated/α-hetero) is 1. The molecule has 0 amide bonds. The molecule has 0 bridgehead atoms. The molecule has 2 aliphatic carbocycles. The SMILES string of the molecule is CC1=C[C@@](C)(CC2=C(O)CC(CC(C)Sc3ccc(C(F)(F)F)cc3)CC2=O)C(C)=C1. The van der Waals surface area contributed by atoms with E-state index in [1.54, 1.807) is 0 Å². The second-order valence-electron chi connectivity index (χ2n) is 9.12. The molecule has 3 rings (SSSR count). The van der Waals surface area contributed by atoms with Crippen LogP contribution in [-0.4, -0.2) is 16.1 Å². The van der Waals surface area contributed by atoms with E-state index < -0.39 is 11.7 Å². The van der Waals surface area contributed by atoms with E-state index in [9.17, 15) is 23.1 Å². The molecule has 0 fully saturated rings. The van der Waals surface area contributed by atoms with Gasteiger partial charge in [-0.3, -0.25) is 4.79 Å². The minimum atomic E-state index is -4.34. The van der Waals surface area contributed by atoms with Crippen molar-refractivity contribution < 1.29 is 23.1 Å². The van der Waals surface area contributed by atoms with Gasteiger partial charge in [-0.1, -0.05) is 37.1 Å². The highest BCUT2D eigenvalue weighted by atomic mass is 32.2. The molecule has 6 heteroatoms. The molecule has 2 aliphatic rings. The summed E-state index contributed by atoms with van der Waals surface area (Å²) in [6.07, 6.45) is 2.04. The quantitative estimate of drug-likeness (QED) is 0.452. The third-order valence-corrected chi connectivity index (χ3v) is 7.40. The number of hydrogen-bond donors (Lipinski definition) is 1. The molecular weight excluding hydrogens is 421 g/mol. The standard InChI is InChI=1S/C25H29F3O2S/c1-15-9-16(2)24(4,13-15)14-21-22(29)11-18(12-23(21)30)10-17(3)31-20-7-5-19(6-8-20)25(26,27)28/h5-9,13,17-18,29H,10-12,14H2,1-4H3/t17?,18?,24-/m0/s1. The monoisotopic (exact) mass is 450 g/mol. The average Bonchev–Trinajstić information content (AvgIpc) is 2.89. The lowest BCUT2D eigenvalue weighted by Gasteiger charge is -2.30. The van der Waals surface area contributed by atoms with Crippen molar-refractivity contribution in [3.8, 4) is 0 Å². The van der Waals surface area contributed by atoms with Crippen LogP contribution in [0.15, 0.2) is 63.8 Å². The van der Waals surface area contributed by atoms with Crippen molar-refractivity contribution in [3.05, 3.63) is 64.5 Å². The van der Waals surface area contributed by atoms with E-state index in [0.717, 1.165) is 17.0 Å². The Balaban J connectivity index is 1.61. The normalized spacial score (nSPS) is 25.5. The van der Waals surface area contributed by atoms with Gasteiger partial charge in [0.05, 0.1) is 11.3 Å². The number of aliphatic hydroxyl groups excluding tert-OH is 1. The number of benzene rings is 1. The fraction of sp³-hybridized carbons (Fsp3) is 0.480. The van der Waals surface area contributed by atoms with Gasteiger partial charge in [-0.2, -0.15) is 13.2 Å². The molecule has 0 saturated carbocycles. The second kappa shape index (κ2) is 8.89. The summed E-state index contributed by atoms with van der Waals surface area (Å²) < 4.78 is 38.1. The van der Waals surface area contributed by atoms with Crippen LogP contribution in [0.5, 0.6) is 0 Å². The first-order valence-electron chi connectivity index (χ1n) is 10.5. The van der Waals surface area contributed by atoms with Crippen molar-refractivity contribution in [2.45, 2.75) is 69.7 Å². The molecule has 0 heterocycles. The maximum absolute atomic E-state index is 12.8. The van der Waals surface area contributed by atoms with Gasteiger partial charge in [0, 0.05) is 34.0 Å². The van der Waals surface area contributed by atoms with Gasteiger partial charge in [-0.05, 0) is 56.9 Å². The number of thioether (sulfide) groups is 1. The topological polar surface area (TPSA) is 37.3 Å². The third-order valence-electron chi connectivity index (χ3n) is 6.26. The first-order chi connectivity index (χ1) is 14.4. The molecule has 168 valence electrons. The van der Waals surface area contributed by atoms with Crippen molar-refractivity contribution in [2.75, 3.05) is 0 Å². The highest BCUT2D eigenvalue weighted by molar-refractivity contribution is 7.99. The number of carbonyl (C=O) groups excluding carboxylic acids is 1. The fourth-order valence-electron chi connectivity index (χ4n) is 4.58. The van der Waals surface area contributed by atoms with Gasteiger partial charge >= 0.3 is 6.18 Å². The van der Waals surface area contributed by atoms with Crippen molar-refractivity contribution in [3.63, 3.8) is 0 Å². The minimum absolute atomic E-state index is 0.00691. The molecule has 0 saturated heterocycles. The number of rotatable bonds is 6. The number of ketones is 1. The molecule has 0 aliphatic heterocycles. The molecule has 2 unspecified atom stereocenters. The number of allylic oxidation sites excluding steroid dienone is 6. The van der Waals surface area contributed by atoms with Crippen molar-refractivity contribution in [1.82, 2.24) is 0 Å². The van der Waals surface area contributed by atoms with Gasteiger partial charge in [-0.25, -0.2) is 0 Å². The molecule has 0 radical (unpaired) electrons. The molecule has 1 N–H and O–H groups in total. The zero-order valence-electron chi connectivity index (χ0n) is 18.3. The smallest absolute Gasteiger partial charge is 0.416 e. The van der Waals surface area contributed by atoms with Crippen LogP contribution in [0.3, 0.4) is 0 Å². The summed E-state index contributed by atoms with van der Waals surface area (Å²) in [6.45, 7) is 8.19. The molecule has 2 nitrogen and oxygen atoms in total. The van der Waals surface area contributed by atoms with Gasteiger partial charge in [0.15, 0.2) is 5.78 Å². The van der Waals surface area contributed by atoms with Crippen molar-refractivity contribution in [1.29, 1.82) is 0 Å². The van der Waals surface area contributed by atoms with Crippen LogP contribution in [0.4, 0.5) is 13.2 Å². The fourth-order valence-corrected chi connectivity index (χ4v) is 5.70. The van der Waals surface area contributed by atoms with Crippen LogP contribution in [0.2, 0.25) is 0 Å². The minimum Gasteiger partial charge on any atom is -0.512 e. The van der Waals surface area contributed by atoms with Crippen LogP contribution < -0.4 is 0 Å². The largest absolute Gasteiger partial charge is 0.512 e. The maximum atomic E-state index is 12.8. The van der Waals surface area contributed by atoms with Gasteiger partial charge in [0.1, 0.15) is 0 Å². The van der Waals surface area contributed by atoms with E-state index in [4.69, 9.17) is 0 Å². The lowest BCUT2D eigenvalue weighted by Crippen LogP contribution is -2.25. The van der Waals surface area contributed by atoms with Gasteiger partial charge < -0.3 is 5.11 Å². The lowest BCUT2D eigenvalue weighted by molar-refractivity contribution is -0.137. The Kier molecular flexibility index (Phi) is 6.80. The second-order valence-corrected chi connectivity index (χ2v) is 10.6. The van der Waals surface area contributed by atoms with Crippen molar-refractivity contribution in [2.24, 2.45) is 11.3 Å². The predicted octanol–water partition coefficient (Wildman–Crippen LogP) is 7.67. The first kappa shape index (κ1) is 23.7. The summed E-state index contributed by atoms with van der Waals surface area (Å²) in [4.78, 5) is 13.6. The highest BCUT2D eigenvalue weighted by Crippen LogP contribution is 2.44. The number of alkyl halides is 3. The third kappa shape index (κ3) is 5.65. The molecule has 1 aromatic carbocycles.